The van der Waals surface area contributed by atoms with Gasteiger partial charge in [-0.2, -0.15) is 0 Å². The van der Waals surface area contributed by atoms with Crippen molar-refractivity contribution in [2.24, 2.45) is 5.11 Å². The van der Waals surface area contributed by atoms with Gasteiger partial charge in [0.25, 0.3) is 0 Å². The fourth-order valence-electron chi connectivity index (χ4n) is 1.60. The highest BCUT2D eigenvalue weighted by molar-refractivity contribution is 7.89. The minimum atomic E-state index is -3.57. The summed E-state index contributed by atoms with van der Waals surface area (Å²) in [6, 6.07) is 15.0. The predicted molar refractivity (Wildman–Crippen MR) is 75.7 cm³/mol. The Kier molecular flexibility index (Phi) is 4.37. The van der Waals surface area contributed by atoms with Gasteiger partial charge in [-0.3, -0.25) is 0 Å². The van der Waals surface area contributed by atoms with Crippen LogP contribution in [-0.4, -0.2) is 8.42 Å². The maximum Gasteiger partial charge on any atom is 0.240 e. The van der Waals surface area contributed by atoms with Crippen molar-refractivity contribution in [3.8, 4) is 0 Å². The average Bonchev–Trinajstić information content (AvgIpc) is 2.47. The largest absolute Gasteiger partial charge is 0.240 e. The molecular formula is C13H12N4O2S. The Morgan fingerprint density at radius 2 is 1.70 bits per heavy atom. The number of hydrogen-bond donors (Lipinski definition) is 1. The molecule has 20 heavy (non-hydrogen) atoms. The van der Waals surface area contributed by atoms with Crippen molar-refractivity contribution in [1.29, 1.82) is 0 Å². The Morgan fingerprint density at radius 1 is 1.05 bits per heavy atom. The maximum atomic E-state index is 12.1. The van der Waals surface area contributed by atoms with Crippen molar-refractivity contribution in [2.75, 3.05) is 0 Å². The van der Waals surface area contributed by atoms with E-state index in [9.17, 15) is 8.42 Å². The van der Waals surface area contributed by atoms with E-state index in [4.69, 9.17) is 5.53 Å². The first-order chi connectivity index (χ1) is 9.62. The second-order valence-corrected chi connectivity index (χ2v) is 5.76. The molecule has 0 aliphatic rings. The first kappa shape index (κ1) is 14.1. The Balaban J connectivity index is 2.12. The maximum absolute atomic E-state index is 12.1. The molecular weight excluding hydrogens is 276 g/mol. The van der Waals surface area contributed by atoms with E-state index in [0.717, 1.165) is 5.56 Å². The van der Waals surface area contributed by atoms with Crippen LogP contribution in [0.4, 0.5) is 5.69 Å². The van der Waals surface area contributed by atoms with Crippen LogP contribution in [0.25, 0.3) is 10.4 Å². The van der Waals surface area contributed by atoms with Crippen LogP contribution in [0.1, 0.15) is 5.56 Å². The lowest BCUT2D eigenvalue weighted by atomic mass is 10.2. The van der Waals surface area contributed by atoms with Crippen LogP contribution in [0.2, 0.25) is 0 Å². The van der Waals surface area contributed by atoms with Crippen molar-refractivity contribution in [1.82, 2.24) is 4.72 Å². The molecule has 2 aromatic rings. The fourth-order valence-corrected chi connectivity index (χ4v) is 2.62. The summed E-state index contributed by atoms with van der Waals surface area (Å²) in [6.07, 6.45) is 0. The summed E-state index contributed by atoms with van der Waals surface area (Å²) in [5.74, 6) is 0. The van der Waals surface area contributed by atoms with Gasteiger partial charge in [0.15, 0.2) is 0 Å². The van der Waals surface area contributed by atoms with Crippen LogP contribution in [0.15, 0.2) is 64.6 Å². The fraction of sp³-hybridized carbons (Fsp3) is 0.0769. The summed E-state index contributed by atoms with van der Waals surface area (Å²) in [5, 5.41) is 3.39. The lowest BCUT2D eigenvalue weighted by Crippen LogP contribution is -2.23. The third-order valence-electron chi connectivity index (χ3n) is 2.62. The van der Waals surface area contributed by atoms with E-state index in [0.29, 0.717) is 5.69 Å². The number of hydrogen-bond acceptors (Lipinski definition) is 3. The highest BCUT2D eigenvalue weighted by Gasteiger charge is 2.13. The average molecular weight is 288 g/mol. The van der Waals surface area contributed by atoms with E-state index in [1.54, 1.807) is 0 Å². The van der Waals surface area contributed by atoms with Gasteiger partial charge in [-0.15, -0.1) is 0 Å². The first-order valence-corrected chi connectivity index (χ1v) is 7.29. The molecule has 0 saturated carbocycles. The van der Waals surface area contributed by atoms with Gasteiger partial charge in [0.1, 0.15) is 0 Å². The van der Waals surface area contributed by atoms with Crippen molar-refractivity contribution >= 4 is 15.7 Å². The first-order valence-electron chi connectivity index (χ1n) is 5.80. The van der Waals surface area contributed by atoms with E-state index >= 15 is 0 Å². The van der Waals surface area contributed by atoms with Crippen LogP contribution in [-0.2, 0) is 16.6 Å². The molecule has 0 bridgehead atoms. The lowest BCUT2D eigenvalue weighted by Gasteiger charge is -2.07. The smallest absolute Gasteiger partial charge is 0.207 e. The topological polar surface area (TPSA) is 94.9 Å². The lowest BCUT2D eigenvalue weighted by molar-refractivity contribution is 0.581. The molecule has 0 spiro atoms. The molecule has 0 radical (unpaired) electrons. The molecule has 2 rings (SSSR count). The molecule has 0 aliphatic carbocycles. The Hall–Kier alpha value is -2.34. The molecule has 6 nitrogen and oxygen atoms in total. The zero-order valence-electron chi connectivity index (χ0n) is 10.5. The Morgan fingerprint density at radius 3 is 2.30 bits per heavy atom. The van der Waals surface area contributed by atoms with Gasteiger partial charge in [0.2, 0.25) is 10.0 Å². The van der Waals surface area contributed by atoms with Crippen LogP contribution in [0.5, 0.6) is 0 Å². The summed E-state index contributed by atoms with van der Waals surface area (Å²) in [5.41, 5.74) is 9.53. The van der Waals surface area contributed by atoms with Gasteiger partial charge in [-0.1, -0.05) is 47.6 Å². The molecule has 0 unspecified atom stereocenters. The Bertz CT molecular complexity index is 721. The van der Waals surface area contributed by atoms with Gasteiger partial charge in [-0.25, -0.2) is 13.1 Å². The monoisotopic (exact) mass is 288 g/mol. The molecule has 7 heteroatoms. The normalized spacial score (nSPS) is 10.8. The number of nitrogens with one attached hydrogen (secondary N) is 1. The molecule has 0 aromatic heterocycles. The molecule has 0 aliphatic heterocycles. The van der Waals surface area contributed by atoms with Gasteiger partial charge < -0.3 is 0 Å². The zero-order chi connectivity index (χ0) is 14.4. The molecule has 0 atom stereocenters. The minimum absolute atomic E-state index is 0.130. The molecule has 0 amide bonds. The molecule has 0 heterocycles. The standard InChI is InChI=1S/C13H12N4O2S/c14-17-16-12-6-8-13(9-7-12)20(18,19)15-10-11-4-2-1-3-5-11/h1-9,15H,10H2. The molecule has 1 N–H and O–H groups in total. The number of sulfonamides is 1. The van der Waals surface area contributed by atoms with Crippen LogP contribution in [0.3, 0.4) is 0 Å². The van der Waals surface area contributed by atoms with E-state index in [-0.39, 0.29) is 11.4 Å². The second kappa shape index (κ2) is 6.21. The predicted octanol–water partition coefficient (Wildman–Crippen LogP) is 3.11. The minimum Gasteiger partial charge on any atom is -0.207 e. The van der Waals surface area contributed by atoms with Crippen molar-refractivity contribution < 1.29 is 8.42 Å². The van der Waals surface area contributed by atoms with Crippen LogP contribution < -0.4 is 4.72 Å². The molecule has 0 fully saturated rings. The van der Waals surface area contributed by atoms with E-state index < -0.39 is 10.0 Å². The number of benzene rings is 2. The number of azide groups is 1. The molecule has 102 valence electrons. The quantitative estimate of drug-likeness (QED) is 0.520. The zero-order valence-corrected chi connectivity index (χ0v) is 11.3. The van der Waals surface area contributed by atoms with Crippen LogP contribution in [0, 0.1) is 0 Å². The van der Waals surface area contributed by atoms with E-state index in [1.807, 2.05) is 30.3 Å². The highest BCUT2D eigenvalue weighted by atomic mass is 32.2. The summed E-state index contributed by atoms with van der Waals surface area (Å²) < 4.78 is 26.6. The van der Waals surface area contributed by atoms with Gasteiger partial charge >= 0.3 is 0 Å². The van der Waals surface area contributed by atoms with Crippen molar-refractivity contribution in [3.05, 3.63) is 70.6 Å². The highest BCUT2D eigenvalue weighted by Crippen LogP contribution is 2.16. The van der Waals surface area contributed by atoms with Crippen LogP contribution >= 0.6 is 0 Å². The van der Waals surface area contributed by atoms with Gasteiger partial charge in [0, 0.05) is 17.1 Å². The SMILES string of the molecule is [N-]=[N+]=Nc1ccc(S(=O)(=O)NCc2ccccc2)cc1. The summed E-state index contributed by atoms with van der Waals surface area (Å²) in [7, 11) is -3.57. The van der Waals surface area contributed by atoms with Crippen molar-refractivity contribution in [2.45, 2.75) is 11.4 Å². The summed E-state index contributed by atoms with van der Waals surface area (Å²) >= 11 is 0. The number of rotatable bonds is 5. The second-order valence-electron chi connectivity index (χ2n) is 3.99. The van der Waals surface area contributed by atoms with E-state index in [1.165, 1.54) is 24.3 Å². The summed E-state index contributed by atoms with van der Waals surface area (Å²) in [4.78, 5) is 2.76. The van der Waals surface area contributed by atoms with E-state index in [2.05, 4.69) is 14.7 Å². The molecule has 0 saturated heterocycles. The summed E-state index contributed by atoms with van der Waals surface area (Å²) in [6.45, 7) is 0.223. The Labute approximate surface area is 116 Å². The third kappa shape index (κ3) is 3.58. The van der Waals surface area contributed by atoms with Crippen molar-refractivity contribution in [3.63, 3.8) is 0 Å². The van der Waals surface area contributed by atoms with Gasteiger partial charge in [0.05, 0.1) is 4.90 Å². The molecule has 2 aromatic carbocycles. The van der Waals surface area contributed by atoms with Gasteiger partial charge in [-0.05, 0) is 23.2 Å². The third-order valence-corrected chi connectivity index (χ3v) is 4.03. The number of nitrogens with zero attached hydrogens (tertiary/aromatic N) is 3.